The smallest absolute Gasteiger partial charge is 0.260 e. The van der Waals surface area contributed by atoms with Crippen LogP contribution in [0.4, 0.5) is 0 Å². The van der Waals surface area contributed by atoms with Crippen LogP contribution < -0.4 is 5.32 Å². The van der Waals surface area contributed by atoms with Gasteiger partial charge in [-0.1, -0.05) is 0 Å². The standard InChI is InChI=1S/C11H18N4O2S.ClH/c1-14-11(2-4-13-14)18(16,17)15-5-3-9-6-12-7-10(9)8-15;/h2,4,9-10,12H,3,5-8H2,1H3;1H. The molecule has 3 heterocycles. The lowest BCUT2D eigenvalue weighted by molar-refractivity contribution is 0.227. The van der Waals surface area contributed by atoms with Crippen LogP contribution in [-0.2, 0) is 17.1 Å². The van der Waals surface area contributed by atoms with Gasteiger partial charge in [0.15, 0.2) is 5.03 Å². The Kier molecular flexibility index (Phi) is 4.20. The third-order valence-electron chi connectivity index (χ3n) is 4.05. The molecule has 0 aromatic carbocycles. The minimum absolute atomic E-state index is 0. The van der Waals surface area contributed by atoms with Crippen molar-refractivity contribution in [3.8, 4) is 0 Å². The van der Waals surface area contributed by atoms with Gasteiger partial charge in [-0.2, -0.15) is 9.40 Å². The number of hydrogen-bond donors (Lipinski definition) is 1. The van der Waals surface area contributed by atoms with Gasteiger partial charge in [0, 0.05) is 20.1 Å². The van der Waals surface area contributed by atoms with E-state index >= 15 is 0 Å². The maximum Gasteiger partial charge on any atom is 0.260 e. The van der Waals surface area contributed by atoms with Crippen molar-refractivity contribution in [3.05, 3.63) is 12.3 Å². The van der Waals surface area contributed by atoms with Gasteiger partial charge in [0.05, 0.1) is 6.20 Å². The van der Waals surface area contributed by atoms with Gasteiger partial charge in [0.2, 0.25) is 0 Å². The zero-order valence-electron chi connectivity index (χ0n) is 10.8. The summed E-state index contributed by atoms with van der Waals surface area (Å²) in [5.74, 6) is 1.10. The molecule has 1 aromatic rings. The lowest BCUT2D eigenvalue weighted by atomic mass is 9.90. The third-order valence-corrected chi connectivity index (χ3v) is 5.99. The van der Waals surface area contributed by atoms with Gasteiger partial charge in [-0.05, 0) is 37.4 Å². The molecule has 19 heavy (non-hydrogen) atoms. The first kappa shape index (κ1) is 14.8. The van der Waals surface area contributed by atoms with Gasteiger partial charge in [0.25, 0.3) is 10.0 Å². The second kappa shape index (κ2) is 5.40. The Morgan fingerprint density at radius 3 is 2.79 bits per heavy atom. The molecule has 2 fully saturated rings. The Morgan fingerprint density at radius 1 is 1.37 bits per heavy atom. The van der Waals surface area contributed by atoms with Crippen molar-refractivity contribution >= 4 is 22.4 Å². The number of nitrogens with zero attached hydrogens (tertiary/aromatic N) is 3. The van der Waals surface area contributed by atoms with Gasteiger partial charge >= 0.3 is 0 Å². The molecule has 2 saturated heterocycles. The van der Waals surface area contributed by atoms with Crippen LogP contribution in [0.25, 0.3) is 0 Å². The van der Waals surface area contributed by atoms with Crippen molar-refractivity contribution < 1.29 is 8.42 Å². The van der Waals surface area contributed by atoms with E-state index in [2.05, 4.69) is 10.4 Å². The molecule has 2 aliphatic heterocycles. The summed E-state index contributed by atoms with van der Waals surface area (Å²) >= 11 is 0. The molecule has 2 aliphatic rings. The minimum Gasteiger partial charge on any atom is -0.316 e. The number of halogens is 1. The molecule has 8 heteroatoms. The first-order valence-electron chi connectivity index (χ1n) is 6.28. The molecule has 2 unspecified atom stereocenters. The molecule has 0 aliphatic carbocycles. The molecule has 1 aromatic heterocycles. The summed E-state index contributed by atoms with van der Waals surface area (Å²) in [6.07, 6.45) is 2.48. The highest BCUT2D eigenvalue weighted by Crippen LogP contribution is 2.29. The number of sulfonamides is 1. The summed E-state index contributed by atoms with van der Waals surface area (Å²) in [5.41, 5.74) is 0. The quantitative estimate of drug-likeness (QED) is 0.840. The average Bonchev–Trinajstić information content (AvgIpc) is 2.95. The Labute approximate surface area is 119 Å². The van der Waals surface area contributed by atoms with E-state index in [-0.39, 0.29) is 17.4 Å². The molecule has 0 radical (unpaired) electrons. The molecule has 108 valence electrons. The number of piperidine rings is 1. The lowest BCUT2D eigenvalue weighted by Gasteiger charge is -2.33. The van der Waals surface area contributed by atoms with Crippen LogP contribution in [0.3, 0.4) is 0 Å². The first-order chi connectivity index (χ1) is 8.59. The minimum atomic E-state index is -3.38. The van der Waals surface area contributed by atoms with Gasteiger partial charge in [0.1, 0.15) is 0 Å². The van der Waals surface area contributed by atoms with Crippen molar-refractivity contribution in [2.24, 2.45) is 18.9 Å². The molecule has 0 bridgehead atoms. The van der Waals surface area contributed by atoms with Crippen LogP contribution in [-0.4, -0.2) is 48.7 Å². The molecule has 0 spiro atoms. The van der Waals surface area contributed by atoms with Gasteiger partial charge in [-0.25, -0.2) is 8.42 Å². The van der Waals surface area contributed by atoms with Crippen molar-refractivity contribution in [2.45, 2.75) is 11.4 Å². The van der Waals surface area contributed by atoms with Crippen LogP contribution in [0.5, 0.6) is 0 Å². The molecule has 1 N–H and O–H groups in total. The van der Waals surface area contributed by atoms with Gasteiger partial charge in [-0.15, -0.1) is 12.4 Å². The third kappa shape index (κ3) is 2.52. The van der Waals surface area contributed by atoms with E-state index in [1.807, 2.05) is 0 Å². The zero-order chi connectivity index (χ0) is 12.8. The largest absolute Gasteiger partial charge is 0.316 e. The first-order valence-corrected chi connectivity index (χ1v) is 7.72. The maximum atomic E-state index is 12.5. The molecule has 3 rings (SSSR count). The summed E-state index contributed by atoms with van der Waals surface area (Å²) in [6.45, 7) is 3.22. The monoisotopic (exact) mass is 306 g/mol. The van der Waals surface area contributed by atoms with Crippen LogP contribution in [0.1, 0.15) is 6.42 Å². The van der Waals surface area contributed by atoms with Crippen LogP contribution in [0.15, 0.2) is 17.3 Å². The fourth-order valence-electron chi connectivity index (χ4n) is 2.97. The number of aromatic nitrogens is 2. The van der Waals surface area contributed by atoms with E-state index in [0.29, 0.717) is 24.9 Å². The average molecular weight is 307 g/mol. The Morgan fingerprint density at radius 2 is 2.11 bits per heavy atom. The van der Waals surface area contributed by atoms with E-state index in [0.717, 1.165) is 19.5 Å². The SMILES string of the molecule is Cl.Cn1nccc1S(=O)(=O)N1CCC2CNCC2C1. The second-order valence-corrected chi connectivity index (χ2v) is 7.01. The second-order valence-electron chi connectivity index (χ2n) is 5.12. The topological polar surface area (TPSA) is 67.2 Å². The Hall–Kier alpha value is -0.630. The van der Waals surface area contributed by atoms with Crippen molar-refractivity contribution in [1.29, 1.82) is 0 Å². The highest BCUT2D eigenvalue weighted by atomic mass is 35.5. The molecule has 6 nitrogen and oxygen atoms in total. The molecular weight excluding hydrogens is 288 g/mol. The van der Waals surface area contributed by atoms with E-state index in [1.165, 1.54) is 10.9 Å². The lowest BCUT2D eigenvalue weighted by Crippen LogP contribution is -2.43. The van der Waals surface area contributed by atoms with E-state index in [1.54, 1.807) is 17.4 Å². The summed E-state index contributed by atoms with van der Waals surface area (Å²) in [6, 6.07) is 1.56. The van der Waals surface area contributed by atoms with Gasteiger partial charge < -0.3 is 5.32 Å². The van der Waals surface area contributed by atoms with Gasteiger partial charge in [-0.3, -0.25) is 4.68 Å². The van der Waals surface area contributed by atoms with Crippen LogP contribution in [0.2, 0.25) is 0 Å². The number of nitrogens with one attached hydrogen (secondary N) is 1. The summed E-state index contributed by atoms with van der Waals surface area (Å²) in [4.78, 5) is 0. The number of rotatable bonds is 2. The summed E-state index contributed by atoms with van der Waals surface area (Å²) in [7, 11) is -1.72. The molecule has 0 saturated carbocycles. The summed E-state index contributed by atoms with van der Waals surface area (Å²) < 4.78 is 28.0. The van der Waals surface area contributed by atoms with Crippen molar-refractivity contribution in [1.82, 2.24) is 19.4 Å². The van der Waals surface area contributed by atoms with Crippen molar-refractivity contribution in [2.75, 3.05) is 26.2 Å². The molecule has 0 amide bonds. The maximum absolute atomic E-state index is 12.5. The van der Waals surface area contributed by atoms with E-state index in [9.17, 15) is 8.42 Å². The highest BCUT2D eigenvalue weighted by molar-refractivity contribution is 7.89. The Bertz CT molecular complexity index is 545. The predicted molar refractivity (Wildman–Crippen MR) is 73.7 cm³/mol. The fourth-order valence-corrected chi connectivity index (χ4v) is 4.58. The molecule has 2 atom stereocenters. The van der Waals surface area contributed by atoms with E-state index < -0.39 is 10.0 Å². The predicted octanol–water partition coefficient (Wildman–Crippen LogP) is 0.0719. The van der Waals surface area contributed by atoms with Crippen LogP contribution >= 0.6 is 12.4 Å². The molecular formula is C11H19ClN4O2S. The number of fused-ring (bicyclic) bond motifs is 1. The zero-order valence-corrected chi connectivity index (χ0v) is 12.5. The normalized spacial score (nSPS) is 27.8. The number of hydrogen-bond acceptors (Lipinski definition) is 4. The summed E-state index contributed by atoms with van der Waals surface area (Å²) in [5, 5.41) is 7.57. The number of aryl methyl sites for hydroxylation is 1. The highest BCUT2D eigenvalue weighted by Gasteiger charge is 2.38. The van der Waals surface area contributed by atoms with Crippen molar-refractivity contribution in [3.63, 3.8) is 0 Å². The van der Waals surface area contributed by atoms with E-state index in [4.69, 9.17) is 0 Å². The Balaban J connectivity index is 0.00000133. The van der Waals surface area contributed by atoms with Crippen LogP contribution in [0, 0.1) is 11.8 Å². The fraction of sp³-hybridized carbons (Fsp3) is 0.727.